The van der Waals surface area contributed by atoms with Gasteiger partial charge in [-0.2, -0.15) is 0 Å². The number of hydrogen-bond acceptors (Lipinski definition) is 5. The van der Waals surface area contributed by atoms with Crippen molar-refractivity contribution in [2.24, 2.45) is 21.2 Å². The van der Waals surface area contributed by atoms with Crippen LogP contribution in [0.2, 0.25) is 0 Å². The SMILES string of the molecule is NN=Nc1ccc(O)c(N=C(P)c2ccc(N)cc2)c1. The Morgan fingerprint density at radius 1 is 1.10 bits per heavy atom. The largest absolute Gasteiger partial charge is 0.506 e. The number of rotatable bonds is 3. The highest BCUT2D eigenvalue weighted by Crippen LogP contribution is 2.32. The first-order chi connectivity index (χ1) is 9.60. The topological polar surface area (TPSA) is 109 Å². The summed E-state index contributed by atoms with van der Waals surface area (Å²) in [5.74, 6) is 5.05. The Hall–Kier alpha value is -2.46. The summed E-state index contributed by atoms with van der Waals surface area (Å²) in [6.45, 7) is 0. The van der Waals surface area contributed by atoms with Gasteiger partial charge in [0.2, 0.25) is 0 Å². The molecule has 0 amide bonds. The summed E-state index contributed by atoms with van der Waals surface area (Å²) < 4.78 is 0. The van der Waals surface area contributed by atoms with Crippen molar-refractivity contribution in [3.8, 4) is 5.75 Å². The molecule has 2 rings (SSSR count). The maximum Gasteiger partial charge on any atom is 0.141 e. The van der Waals surface area contributed by atoms with Gasteiger partial charge in [0.05, 0.1) is 11.1 Å². The second-order valence-corrected chi connectivity index (χ2v) is 4.55. The molecule has 1 unspecified atom stereocenters. The number of phenolic OH excluding ortho intramolecular Hbond substituents is 1. The van der Waals surface area contributed by atoms with Crippen LogP contribution in [0.5, 0.6) is 5.75 Å². The highest BCUT2D eigenvalue weighted by atomic mass is 31.0. The van der Waals surface area contributed by atoms with Crippen molar-refractivity contribution in [1.29, 1.82) is 0 Å². The van der Waals surface area contributed by atoms with E-state index in [0.29, 0.717) is 22.5 Å². The molecule has 0 aliphatic heterocycles. The Balaban J connectivity index is 2.38. The molecular formula is C13H14N5OP. The molecule has 0 aliphatic carbocycles. The third kappa shape index (κ3) is 3.30. The van der Waals surface area contributed by atoms with Crippen LogP contribution in [0.3, 0.4) is 0 Å². The van der Waals surface area contributed by atoms with Crippen LogP contribution in [-0.4, -0.2) is 10.6 Å². The summed E-state index contributed by atoms with van der Waals surface area (Å²) in [4.78, 5) is 4.35. The number of phenols is 1. The van der Waals surface area contributed by atoms with Gasteiger partial charge in [-0.15, -0.1) is 5.11 Å². The minimum absolute atomic E-state index is 0.0522. The maximum atomic E-state index is 9.80. The smallest absolute Gasteiger partial charge is 0.141 e. The van der Waals surface area contributed by atoms with Crippen LogP contribution < -0.4 is 11.6 Å². The second-order valence-electron chi connectivity index (χ2n) is 4.01. The van der Waals surface area contributed by atoms with Crippen LogP contribution in [-0.2, 0) is 0 Å². The van der Waals surface area contributed by atoms with Gasteiger partial charge in [0.25, 0.3) is 0 Å². The molecule has 102 valence electrons. The van der Waals surface area contributed by atoms with Crippen molar-refractivity contribution >= 4 is 31.8 Å². The van der Waals surface area contributed by atoms with Gasteiger partial charge in [-0.05, 0) is 30.3 Å². The number of aromatic hydroxyl groups is 1. The highest BCUT2D eigenvalue weighted by Gasteiger charge is 2.04. The molecule has 0 aliphatic rings. The number of aliphatic imine (C=N–C) groups is 1. The van der Waals surface area contributed by atoms with Crippen molar-refractivity contribution in [3.05, 3.63) is 48.0 Å². The van der Waals surface area contributed by atoms with E-state index in [4.69, 9.17) is 11.6 Å². The molecule has 0 saturated carbocycles. The molecule has 2 aromatic carbocycles. The van der Waals surface area contributed by atoms with E-state index in [9.17, 15) is 5.11 Å². The normalized spacial score (nSPS) is 11.9. The Morgan fingerprint density at radius 3 is 2.45 bits per heavy atom. The van der Waals surface area contributed by atoms with E-state index in [-0.39, 0.29) is 5.75 Å². The fourth-order valence-corrected chi connectivity index (χ4v) is 1.91. The number of nitrogen functional groups attached to an aromatic ring is 1. The van der Waals surface area contributed by atoms with Crippen LogP contribution in [0, 0.1) is 0 Å². The standard InChI is InChI=1S/C13H14N5OP/c14-9-3-1-8(2-4-9)13(20)16-11-7-10(17-18-15)5-6-12(11)19/h1-7,19H,14,20H2,(H2,15,17). The predicted octanol–water partition coefficient (Wildman–Crippen LogP) is 2.89. The minimum atomic E-state index is 0.0522. The quantitative estimate of drug-likeness (QED) is 0.201. The molecule has 0 bridgehead atoms. The van der Waals surface area contributed by atoms with Gasteiger partial charge in [-0.3, -0.25) is 0 Å². The third-order valence-electron chi connectivity index (χ3n) is 2.58. The first-order valence-corrected chi connectivity index (χ1v) is 6.32. The summed E-state index contributed by atoms with van der Waals surface area (Å²) in [5.41, 5.74) is 8.77. The zero-order valence-electron chi connectivity index (χ0n) is 10.6. The highest BCUT2D eigenvalue weighted by molar-refractivity contribution is 7.42. The fraction of sp³-hybridized carbons (Fsp3) is 0. The fourth-order valence-electron chi connectivity index (χ4n) is 1.58. The van der Waals surface area contributed by atoms with E-state index in [1.54, 1.807) is 24.3 Å². The second kappa shape index (κ2) is 6.12. The molecule has 1 atom stereocenters. The summed E-state index contributed by atoms with van der Waals surface area (Å²) in [6, 6.07) is 11.9. The maximum absolute atomic E-state index is 9.80. The number of nitrogens with two attached hydrogens (primary N) is 2. The molecule has 0 saturated heterocycles. The average Bonchev–Trinajstić information content (AvgIpc) is 2.43. The minimum Gasteiger partial charge on any atom is -0.506 e. The molecule has 2 aromatic rings. The first kappa shape index (κ1) is 14.0. The molecular weight excluding hydrogens is 273 g/mol. The molecule has 7 heteroatoms. The molecule has 0 radical (unpaired) electrons. The zero-order valence-corrected chi connectivity index (χ0v) is 11.7. The number of hydrogen-bond donors (Lipinski definition) is 3. The van der Waals surface area contributed by atoms with Gasteiger partial charge in [0.15, 0.2) is 0 Å². The van der Waals surface area contributed by atoms with Gasteiger partial charge in [-0.25, -0.2) is 4.99 Å². The lowest BCUT2D eigenvalue weighted by molar-refractivity contribution is 0.477. The Kier molecular flexibility index (Phi) is 4.27. The summed E-state index contributed by atoms with van der Waals surface area (Å²) in [5, 5.41) is 16.7. The molecule has 0 spiro atoms. The van der Waals surface area contributed by atoms with E-state index in [2.05, 4.69) is 24.6 Å². The lowest BCUT2D eigenvalue weighted by atomic mass is 10.2. The number of nitrogens with zero attached hydrogens (tertiary/aromatic N) is 3. The van der Waals surface area contributed by atoms with E-state index < -0.39 is 0 Å². The number of benzene rings is 2. The lowest BCUT2D eigenvalue weighted by Crippen LogP contribution is -1.91. The summed E-state index contributed by atoms with van der Waals surface area (Å²) in [7, 11) is 2.52. The van der Waals surface area contributed by atoms with Gasteiger partial charge in [0, 0.05) is 11.3 Å². The molecule has 20 heavy (non-hydrogen) atoms. The van der Waals surface area contributed by atoms with Gasteiger partial charge >= 0.3 is 0 Å². The van der Waals surface area contributed by atoms with E-state index in [0.717, 1.165) is 5.56 Å². The molecule has 6 nitrogen and oxygen atoms in total. The summed E-state index contributed by atoms with van der Waals surface area (Å²) >= 11 is 0. The van der Waals surface area contributed by atoms with Crippen molar-refractivity contribution in [2.45, 2.75) is 0 Å². The third-order valence-corrected chi connectivity index (χ3v) is 3.04. The predicted molar refractivity (Wildman–Crippen MR) is 83.6 cm³/mol. The molecule has 0 heterocycles. The van der Waals surface area contributed by atoms with Crippen molar-refractivity contribution in [3.63, 3.8) is 0 Å². The van der Waals surface area contributed by atoms with Gasteiger partial charge in [0.1, 0.15) is 11.4 Å². The number of anilines is 1. The lowest BCUT2D eigenvalue weighted by Gasteiger charge is -2.04. The van der Waals surface area contributed by atoms with E-state index >= 15 is 0 Å². The molecule has 5 N–H and O–H groups in total. The average molecular weight is 287 g/mol. The Morgan fingerprint density at radius 2 is 1.80 bits per heavy atom. The zero-order chi connectivity index (χ0) is 14.5. The monoisotopic (exact) mass is 287 g/mol. The van der Waals surface area contributed by atoms with Crippen LogP contribution >= 0.6 is 9.24 Å². The van der Waals surface area contributed by atoms with Crippen LogP contribution in [0.1, 0.15) is 5.56 Å². The summed E-state index contributed by atoms with van der Waals surface area (Å²) in [6.07, 6.45) is 0. The first-order valence-electron chi connectivity index (χ1n) is 5.74. The van der Waals surface area contributed by atoms with Crippen molar-refractivity contribution in [1.82, 2.24) is 0 Å². The molecule has 0 fully saturated rings. The van der Waals surface area contributed by atoms with E-state index in [1.807, 2.05) is 12.1 Å². The van der Waals surface area contributed by atoms with Crippen LogP contribution in [0.25, 0.3) is 0 Å². The van der Waals surface area contributed by atoms with Gasteiger partial charge < -0.3 is 16.7 Å². The Labute approximate surface area is 118 Å². The van der Waals surface area contributed by atoms with Crippen LogP contribution in [0.15, 0.2) is 57.8 Å². The van der Waals surface area contributed by atoms with Crippen molar-refractivity contribution in [2.75, 3.05) is 5.73 Å². The van der Waals surface area contributed by atoms with Crippen molar-refractivity contribution < 1.29 is 5.11 Å². The van der Waals surface area contributed by atoms with Gasteiger partial charge in [-0.1, -0.05) is 26.6 Å². The van der Waals surface area contributed by atoms with Crippen LogP contribution in [0.4, 0.5) is 17.1 Å². The van der Waals surface area contributed by atoms with E-state index in [1.165, 1.54) is 6.07 Å². The molecule has 0 aromatic heterocycles. The Bertz CT molecular complexity index is 667.